The van der Waals surface area contributed by atoms with Gasteiger partial charge in [0.25, 0.3) is 5.91 Å². The summed E-state index contributed by atoms with van der Waals surface area (Å²) in [7, 11) is 0. The number of hydrogen-bond donors (Lipinski definition) is 1. The zero-order valence-electron chi connectivity index (χ0n) is 13.4. The van der Waals surface area contributed by atoms with Gasteiger partial charge in [0.1, 0.15) is 11.5 Å². The third-order valence-electron chi connectivity index (χ3n) is 2.89. The molecule has 1 rings (SSSR count). The van der Waals surface area contributed by atoms with Crippen LogP contribution in [0.5, 0.6) is 11.5 Å². The molecule has 0 aliphatic heterocycles. The number of ether oxygens (including phenoxy) is 2. The summed E-state index contributed by atoms with van der Waals surface area (Å²) in [4.78, 5) is 11.5. The van der Waals surface area contributed by atoms with E-state index in [2.05, 4.69) is 12.2 Å². The van der Waals surface area contributed by atoms with E-state index < -0.39 is 0 Å². The molecule has 0 aliphatic rings. The Hall–Kier alpha value is -1.71. The highest BCUT2D eigenvalue weighted by Gasteiger charge is 2.05. The summed E-state index contributed by atoms with van der Waals surface area (Å²) in [6.45, 7) is 6.78. The van der Waals surface area contributed by atoms with Gasteiger partial charge in [-0.05, 0) is 32.4 Å². The first kappa shape index (κ1) is 17.3. The van der Waals surface area contributed by atoms with Crippen LogP contribution in [0.2, 0.25) is 0 Å². The molecule has 0 fully saturated rings. The number of carbonyl (C=O) groups excluding carboxylic acids is 1. The molecule has 0 aromatic heterocycles. The zero-order valence-corrected chi connectivity index (χ0v) is 13.4. The van der Waals surface area contributed by atoms with Crippen molar-refractivity contribution in [2.24, 2.45) is 0 Å². The summed E-state index contributed by atoms with van der Waals surface area (Å²) in [5, 5.41) is 2.79. The minimum absolute atomic E-state index is 0.0259. The van der Waals surface area contributed by atoms with Crippen LogP contribution in [-0.4, -0.2) is 25.2 Å². The van der Waals surface area contributed by atoms with Crippen LogP contribution in [0.25, 0.3) is 0 Å². The molecular weight excluding hydrogens is 266 g/mol. The predicted octanol–water partition coefficient (Wildman–Crippen LogP) is 3.55. The van der Waals surface area contributed by atoms with Crippen LogP contribution >= 0.6 is 0 Å². The van der Waals surface area contributed by atoms with Gasteiger partial charge in [-0.1, -0.05) is 32.3 Å². The molecular formula is C17H27NO3. The summed E-state index contributed by atoms with van der Waals surface area (Å²) in [5.41, 5.74) is 0. The summed E-state index contributed by atoms with van der Waals surface area (Å²) in [5.74, 6) is 1.32. The molecule has 0 bridgehead atoms. The largest absolute Gasteiger partial charge is 0.493 e. The second-order valence-electron chi connectivity index (χ2n) is 5.39. The Morgan fingerprint density at radius 1 is 1.14 bits per heavy atom. The van der Waals surface area contributed by atoms with Gasteiger partial charge in [0.2, 0.25) is 0 Å². The van der Waals surface area contributed by atoms with Crippen molar-refractivity contribution in [1.29, 1.82) is 0 Å². The van der Waals surface area contributed by atoms with E-state index in [0.29, 0.717) is 5.75 Å². The van der Waals surface area contributed by atoms with Gasteiger partial charge in [-0.25, -0.2) is 0 Å². The topological polar surface area (TPSA) is 47.6 Å². The number of nitrogens with one attached hydrogen (secondary N) is 1. The first-order valence-corrected chi connectivity index (χ1v) is 7.77. The van der Waals surface area contributed by atoms with E-state index in [1.165, 1.54) is 19.3 Å². The van der Waals surface area contributed by atoms with Gasteiger partial charge in [-0.2, -0.15) is 0 Å². The van der Waals surface area contributed by atoms with E-state index in [1.54, 1.807) is 0 Å². The van der Waals surface area contributed by atoms with E-state index >= 15 is 0 Å². The smallest absolute Gasteiger partial charge is 0.258 e. The number of amides is 1. The Morgan fingerprint density at radius 2 is 1.86 bits per heavy atom. The van der Waals surface area contributed by atoms with Crippen LogP contribution in [0.15, 0.2) is 24.3 Å². The number of rotatable bonds is 10. The van der Waals surface area contributed by atoms with Crippen molar-refractivity contribution in [3.8, 4) is 11.5 Å². The third-order valence-corrected chi connectivity index (χ3v) is 2.89. The van der Waals surface area contributed by atoms with Gasteiger partial charge in [0.05, 0.1) is 6.61 Å². The van der Waals surface area contributed by atoms with Crippen molar-refractivity contribution in [3.05, 3.63) is 24.3 Å². The lowest BCUT2D eigenvalue weighted by atomic mass is 10.2. The second-order valence-corrected chi connectivity index (χ2v) is 5.39. The second kappa shape index (κ2) is 10.1. The molecule has 1 aromatic rings. The first-order chi connectivity index (χ1) is 10.1. The van der Waals surface area contributed by atoms with Gasteiger partial charge < -0.3 is 14.8 Å². The number of unbranched alkanes of at least 4 members (excludes halogenated alkanes) is 3. The Morgan fingerprint density at radius 3 is 2.52 bits per heavy atom. The molecule has 0 heterocycles. The molecule has 1 amide bonds. The molecule has 0 radical (unpaired) electrons. The van der Waals surface area contributed by atoms with Crippen molar-refractivity contribution in [2.75, 3.05) is 13.2 Å². The van der Waals surface area contributed by atoms with Crippen LogP contribution in [0.3, 0.4) is 0 Å². The Bertz CT molecular complexity index is 418. The minimum Gasteiger partial charge on any atom is -0.493 e. The van der Waals surface area contributed by atoms with E-state index in [-0.39, 0.29) is 18.6 Å². The minimum atomic E-state index is -0.115. The standard InChI is InChI=1S/C17H27NO3/c1-4-5-6-7-11-20-15-9-8-10-16(12-15)21-13-17(19)18-14(2)3/h8-10,12,14H,4-7,11,13H2,1-3H3,(H,18,19). The van der Waals surface area contributed by atoms with E-state index in [9.17, 15) is 4.79 Å². The molecule has 118 valence electrons. The van der Waals surface area contributed by atoms with Gasteiger partial charge in [0, 0.05) is 12.1 Å². The van der Waals surface area contributed by atoms with Gasteiger partial charge in [-0.3, -0.25) is 4.79 Å². The van der Waals surface area contributed by atoms with Crippen molar-refractivity contribution >= 4 is 5.91 Å². The molecule has 0 spiro atoms. The Labute approximate surface area is 127 Å². The number of benzene rings is 1. The molecule has 0 saturated carbocycles. The van der Waals surface area contributed by atoms with E-state index in [0.717, 1.165) is 18.8 Å². The maximum absolute atomic E-state index is 11.5. The zero-order chi connectivity index (χ0) is 15.5. The highest BCUT2D eigenvalue weighted by molar-refractivity contribution is 5.77. The summed E-state index contributed by atoms with van der Waals surface area (Å²) in [6, 6.07) is 7.55. The molecule has 1 N–H and O–H groups in total. The van der Waals surface area contributed by atoms with Crippen LogP contribution in [0, 0.1) is 0 Å². The van der Waals surface area contributed by atoms with Crippen molar-refractivity contribution in [2.45, 2.75) is 52.5 Å². The molecule has 4 heteroatoms. The van der Waals surface area contributed by atoms with Crippen LogP contribution < -0.4 is 14.8 Å². The maximum atomic E-state index is 11.5. The molecule has 4 nitrogen and oxygen atoms in total. The molecule has 0 unspecified atom stereocenters. The highest BCUT2D eigenvalue weighted by atomic mass is 16.5. The van der Waals surface area contributed by atoms with Gasteiger partial charge in [0.15, 0.2) is 6.61 Å². The lowest BCUT2D eigenvalue weighted by molar-refractivity contribution is -0.123. The number of hydrogen-bond acceptors (Lipinski definition) is 3. The third kappa shape index (κ3) is 8.23. The lowest BCUT2D eigenvalue weighted by Crippen LogP contribution is -2.34. The molecule has 0 aliphatic carbocycles. The fraction of sp³-hybridized carbons (Fsp3) is 0.588. The number of carbonyl (C=O) groups is 1. The van der Waals surface area contributed by atoms with E-state index in [1.807, 2.05) is 38.1 Å². The molecule has 1 aromatic carbocycles. The molecule has 0 saturated heterocycles. The maximum Gasteiger partial charge on any atom is 0.258 e. The van der Waals surface area contributed by atoms with Crippen LogP contribution in [0.1, 0.15) is 46.5 Å². The SMILES string of the molecule is CCCCCCOc1cccc(OCC(=O)NC(C)C)c1. The monoisotopic (exact) mass is 293 g/mol. The molecule has 21 heavy (non-hydrogen) atoms. The van der Waals surface area contributed by atoms with Crippen molar-refractivity contribution in [1.82, 2.24) is 5.32 Å². The molecule has 0 atom stereocenters. The summed E-state index contributed by atoms with van der Waals surface area (Å²) >= 11 is 0. The van der Waals surface area contributed by atoms with Gasteiger partial charge in [-0.15, -0.1) is 0 Å². The van der Waals surface area contributed by atoms with Crippen molar-refractivity contribution in [3.63, 3.8) is 0 Å². The summed E-state index contributed by atoms with van der Waals surface area (Å²) < 4.78 is 11.1. The Balaban J connectivity index is 2.33. The van der Waals surface area contributed by atoms with Crippen molar-refractivity contribution < 1.29 is 14.3 Å². The predicted molar refractivity (Wildman–Crippen MR) is 84.9 cm³/mol. The lowest BCUT2D eigenvalue weighted by Gasteiger charge is -2.11. The highest BCUT2D eigenvalue weighted by Crippen LogP contribution is 2.19. The average Bonchev–Trinajstić information content (AvgIpc) is 2.45. The first-order valence-electron chi connectivity index (χ1n) is 7.77. The Kier molecular flexibility index (Phi) is 8.32. The quantitative estimate of drug-likeness (QED) is 0.671. The van der Waals surface area contributed by atoms with Crippen LogP contribution in [-0.2, 0) is 4.79 Å². The van der Waals surface area contributed by atoms with Gasteiger partial charge >= 0.3 is 0 Å². The fourth-order valence-electron chi connectivity index (χ4n) is 1.89. The van der Waals surface area contributed by atoms with Crippen LogP contribution in [0.4, 0.5) is 0 Å². The summed E-state index contributed by atoms with van der Waals surface area (Å²) in [6.07, 6.45) is 4.73. The normalized spacial score (nSPS) is 10.5. The van der Waals surface area contributed by atoms with E-state index in [4.69, 9.17) is 9.47 Å². The fourth-order valence-corrected chi connectivity index (χ4v) is 1.89. The average molecular weight is 293 g/mol.